The SMILES string of the molecule is CCC(N)CC(=O)c1ccc2c(c1)CCO2. The summed E-state index contributed by atoms with van der Waals surface area (Å²) in [6.45, 7) is 2.72. The van der Waals surface area contributed by atoms with Gasteiger partial charge in [-0.1, -0.05) is 6.92 Å². The first-order valence-corrected chi connectivity index (χ1v) is 5.75. The molecule has 3 heteroatoms. The number of fused-ring (bicyclic) bond motifs is 1. The monoisotopic (exact) mass is 219 g/mol. The summed E-state index contributed by atoms with van der Waals surface area (Å²) in [6, 6.07) is 5.62. The quantitative estimate of drug-likeness (QED) is 0.787. The fourth-order valence-electron chi connectivity index (χ4n) is 1.86. The Labute approximate surface area is 95.6 Å². The Morgan fingerprint density at radius 2 is 2.38 bits per heavy atom. The van der Waals surface area contributed by atoms with Crippen LogP contribution < -0.4 is 10.5 Å². The van der Waals surface area contributed by atoms with Crippen molar-refractivity contribution in [3.05, 3.63) is 29.3 Å². The number of hydrogen-bond acceptors (Lipinski definition) is 3. The number of ketones is 1. The topological polar surface area (TPSA) is 52.3 Å². The number of Topliss-reactive ketones (excluding diaryl/α,β-unsaturated/α-hetero) is 1. The Kier molecular flexibility index (Phi) is 3.25. The van der Waals surface area contributed by atoms with Crippen molar-refractivity contribution in [2.75, 3.05) is 6.61 Å². The van der Waals surface area contributed by atoms with E-state index in [2.05, 4.69) is 0 Å². The Balaban J connectivity index is 2.12. The summed E-state index contributed by atoms with van der Waals surface area (Å²) in [4.78, 5) is 11.9. The zero-order valence-corrected chi connectivity index (χ0v) is 9.53. The van der Waals surface area contributed by atoms with Crippen molar-refractivity contribution >= 4 is 5.78 Å². The van der Waals surface area contributed by atoms with Gasteiger partial charge < -0.3 is 10.5 Å². The van der Waals surface area contributed by atoms with Crippen molar-refractivity contribution < 1.29 is 9.53 Å². The van der Waals surface area contributed by atoms with Crippen molar-refractivity contribution in [1.29, 1.82) is 0 Å². The van der Waals surface area contributed by atoms with Gasteiger partial charge in [0.2, 0.25) is 0 Å². The van der Waals surface area contributed by atoms with Gasteiger partial charge in [-0.2, -0.15) is 0 Å². The van der Waals surface area contributed by atoms with Crippen LogP contribution in [0.25, 0.3) is 0 Å². The molecule has 1 aromatic rings. The molecule has 0 saturated carbocycles. The maximum absolute atomic E-state index is 11.9. The first-order chi connectivity index (χ1) is 7.70. The van der Waals surface area contributed by atoms with E-state index in [1.165, 1.54) is 0 Å². The molecule has 0 aromatic heterocycles. The standard InChI is InChI=1S/C13H17NO2/c1-2-11(14)8-12(15)9-3-4-13-10(7-9)5-6-16-13/h3-4,7,11H,2,5-6,8,14H2,1H3. The van der Waals surface area contributed by atoms with E-state index < -0.39 is 0 Å². The van der Waals surface area contributed by atoms with Crippen molar-refractivity contribution in [2.24, 2.45) is 5.73 Å². The summed E-state index contributed by atoms with van der Waals surface area (Å²) < 4.78 is 5.40. The largest absolute Gasteiger partial charge is 0.493 e. The second-order valence-electron chi connectivity index (χ2n) is 4.22. The van der Waals surface area contributed by atoms with Gasteiger partial charge in [0.05, 0.1) is 6.61 Å². The van der Waals surface area contributed by atoms with Crippen molar-refractivity contribution in [3.8, 4) is 5.75 Å². The van der Waals surface area contributed by atoms with Gasteiger partial charge in [-0.25, -0.2) is 0 Å². The Bertz CT molecular complexity index is 401. The van der Waals surface area contributed by atoms with Crippen LogP contribution in [-0.2, 0) is 6.42 Å². The average molecular weight is 219 g/mol. The van der Waals surface area contributed by atoms with Crippen LogP contribution in [0.1, 0.15) is 35.7 Å². The molecule has 0 fully saturated rings. The van der Waals surface area contributed by atoms with E-state index in [-0.39, 0.29) is 11.8 Å². The normalized spacial score (nSPS) is 15.4. The fourth-order valence-corrected chi connectivity index (χ4v) is 1.86. The molecule has 0 saturated heterocycles. The third-order valence-corrected chi connectivity index (χ3v) is 2.98. The lowest BCUT2D eigenvalue weighted by Gasteiger charge is -2.08. The summed E-state index contributed by atoms with van der Waals surface area (Å²) in [7, 11) is 0. The molecule has 1 heterocycles. The Hall–Kier alpha value is -1.35. The van der Waals surface area contributed by atoms with E-state index in [1.807, 2.05) is 25.1 Å². The van der Waals surface area contributed by atoms with Crippen LogP contribution in [-0.4, -0.2) is 18.4 Å². The molecule has 0 radical (unpaired) electrons. The van der Waals surface area contributed by atoms with Crippen LogP contribution in [0.3, 0.4) is 0 Å². The Morgan fingerprint density at radius 1 is 1.56 bits per heavy atom. The molecule has 3 nitrogen and oxygen atoms in total. The van der Waals surface area contributed by atoms with Gasteiger partial charge in [-0.05, 0) is 30.2 Å². The summed E-state index contributed by atoms with van der Waals surface area (Å²) >= 11 is 0. The third-order valence-electron chi connectivity index (χ3n) is 2.98. The van der Waals surface area contributed by atoms with E-state index in [1.54, 1.807) is 0 Å². The summed E-state index contributed by atoms with van der Waals surface area (Å²) in [5.41, 5.74) is 7.67. The van der Waals surface area contributed by atoms with Crippen LogP contribution in [0.2, 0.25) is 0 Å². The fraction of sp³-hybridized carbons (Fsp3) is 0.462. The van der Waals surface area contributed by atoms with Crippen LogP contribution >= 0.6 is 0 Å². The number of hydrogen-bond donors (Lipinski definition) is 1. The molecule has 0 aliphatic carbocycles. The molecule has 86 valence electrons. The Morgan fingerprint density at radius 3 is 3.12 bits per heavy atom. The minimum atomic E-state index is -0.0306. The van der Waals surface area contributed by atoms with Gasteiger partial charge >= 0.3 is 0 Å². The van der Waals surface area contributed by atoms with Crippen LogP contribution in [0.4, 0.5) is 0 Å². The predicted octanol–water partition coefficient (Wildman–Crippen LogP) is 1.93. The zero-order chi connectivity index (χ0) is 11.5. The minimum absolute atomic E-state index is 0.0306. The molecule has 1 unspecified atom stereocenters. The highest BCUT2D eigenvalue weighted by Gasteiger charge is 2.16. The van der Waals surface area contributed by atoms with Gasteiger partial charge in [0.15, 0.2) is 5.78 Å². The molecule has 1 aliphatic rings. The average Bonchev–Trinajstić information content (AvgIpc) is 2.75. The van der Waals surface area contributed by atoms with Gasteiger partial charge in [0, 0.05) is 24.4 Å². The molecular weight excluding hydrogens is 202 g/mol. The lowest BCUT2D eigenvalue weighted by atomic mass is 10.0. The number of carbonyl (C=O) groups is 1. The van der Waals surface area contributed by atoms with E-state index in [0.717, 1.165) is 36.3 Å². The van der Waals surface area contributed by atoms with E-state index in [4.69, 9.17) is 10.5 Å². The molecule has 2 rings (SSSR count). The highest BCUT2D eigenvalue weighted by atomic mass is 16.5. The smallest absolute Gasteiger partial charge is 0.164 e. The van der Waals surface area contributed by atoms with Crippen LogP contribution in [0, 0.1) is 0 Å². The maximum atomic E-state index is 11.9. The molecule has 1 atom stereocenters. The predicted molar refractivity (Wildman–Crippen MR) is 62.9 cm³/mol. The highest BCUT2D eigenvalue weighted by Crippen LogP contribution is 2.26. The second kappa shape index (κ2) is 4.66. The highest BCUT2D eigenvalue weighted by molar-refractivity contribution is 5.96. The molecule has 16 heavy (non-hydrogen) atoms. The minimum Gasteiger partial charge on any atom is -0.493 e. The van der Waals surface area contributed by atoms with Gasteiger partial charge in [0.1, 0.15) is 5.75 Å². The molecule has 0 amide bonds. The third kappa shape index (κ3) is 2.25. The van der Waals surface area contributed by atoms with Gasteiger partial charge in [-0.3, -0.25) is 4.79 Å². The van der Waals surface area contributed by atoms with Crippen molar-refractivity contribution in [1.82, 2.24) is 0 Å². The van der Waals surface area contributed by atoms with Crippen molar-refractivity contribution in [3.63, 3.8) is 0 Å². The summed E-state index contributed by atoms with van der Waals surface area (Å²) in [5.74, 6) is 1.04. The molecule has 0 spiro atoms. The van der Waals surface area contributed by atoms with Crippen LogP contribution in [0.15, 0.2) is 18.2 Å². The lowest BCUT2D eigenvalue weighted by Crippen LogP contribution is -2.22. The van der Waals surface area contributed by atoms with Crippen molar-refractivity contribution in [2.45, 2.75) is 32.2 Å². The second-order valence-corrected chi connectivity index (χ2v) is 4.22. The molecule has 1 aliphatic heterocycles. The number of carbonyl (C=O) groups excluding carboxylic acids is 1. The molecular formula is C13H17NO2. The van der Waals surface area contributed by atoms with E-state index in [0.29, 0.717) is 6.42 Å². The lowest BCUT2D eigenvalue weighted by molar-refractivity contribution is 0.0974. The molecule has 1 aromatic carbocycles. The number of benzene rings is 1. The first kappa shape index (κ1) is 11.1. The zero-order valence-electron chi connectivity index (χ0n) is 9.53. The number of nitrogens with two attached hydrogens (primary N) is 1. The summed E-state index contributed by atoms with van der Waals surface area (Å²) in [5, 5.41) is 0. The van der Waals surface area contributed by atoms with Gasteiger partial charge in [-0.15, -0.1) is 0 Å². The summed E-state index contributed by atoms with van der Waals surface area (Å²) in [6.07, 6.45) is 2.16. The number of ether oxygens (including phenoxy) is 1. The van der Waals surface area contributed by atoms with Gasteiger partial charge in [0.25, 0.3) is 0 Å². The molecule has 0 bridgehead atoms. The van der Waals surface area contributed by atoms with E-state index >= 15 is 0 Å². The molecule has 2 N–H and O–H groups in total. The number of rotatable bonds is 4. The van der Waals surface area contributed by atoms with Crippen LogP contribution in [0.5, 0.6) is 5.75 Å². The first-order valence-electron chi connectivity index (χ1n) is 5.75. The maximum Gasteiger partial charge on any atom is 0.164 e. The van der Waals surface area contributed by atoms with E-state index in [9.17, 15) is 4.79 Å².